The van der Waals surface area contributed by atoms with Crippen LogP contribution in [0.25, 0.3) is 0 Å². The molecule has 168 valence electrons. The lowest BCUT2D eigenvalue weighted by molar-refractivity contribution is -0.148. The zero-order chi connectivity index (χ0) is 23.5. The molecule has 6 heteroatoms. The van der Waals surface area contributed by atoms with Gasteiger partial charge in [-0.05, 0) is 42.0 Å². The van der Waals surface area contributed by atoms with Crippen molar-refractivity contribution in [2.24, 2.45) is 5.16 Å². The third-order valence-electron chi connectivity index (χ3n) is 4.94. The van der Waals surface area contributed by atoms with Crippen LogP contribution in [0.5, 0.6) is 5.75 Å². The Morgan fingerprint density at radius 2 is 1.64 bits per heavy atom. The molecule has 0 aliphatic heterocycles. The number of aliphatic carboxylic acids is 1. The van der Waals surface area contributed by atoms with Crippen molar-refractivity contribution < 1.29 is 24.6 Å². The summed E-state index contributed by atoms with van der Waals surface area (Å²) in [5.74, 6) is 5.88. The number of nitrogens with zero attached hydrogens (tertiary/aromatic N) is 1. The molecular formula is C27H25NO5. The number of rotatable bonds is 9. The van der Waals surface area contributed by atoms with Crippen LogP contribution < -0.4 is 4.74 Å². The number of carbonyl (C=O) groups is 1. The van der Waals surface area contributed by atoms with Crippen molar-refractivity contribution in [3.8, 4) is 17.6 Å². The first-order valence-electron chi connectivity index (χ1n) is 10.4. The van der Waals surface area contributed by atoms with Gasteiger partial charge >= 0.3 is 5.97 Å². The van der Waals surface area contributed by atoms with E-state index in [-0.39, 0.29) is 0 Å². The standard InChI is InChI=1S/C27H25NO5/c1-32-25(27(29)30)19-21-12-10-20(11-13-21)7-5-6-18-33-24-16-14-23(15-17-24)26(28-31)22-8-3-2-4-9-22/h2-4,8-17,25,31H,6,18-19H2,1H3,(H,29,30)/b28-26-/t25-/m0/s1. The Morgan fingerprint density at radius 1 is 0.970 bits per heavy atom. The average Bonchev–Trinajstić information content (AvgIpc) is 2.85. The molecular weight excluding hydrogens is 418 g/mol. The molecule has 33 heavy (non-hydrogen) atoms. The monoisotopic (exact) mass is 443 g/mol. The average molecular weight is 443 g/mol. The lowest BCUT2D eigenvalue weighted by Crippen LogP contribution is -2.24. The summed E-state index contributed by atoms with van der Waals surface area (Å²) in [6, 6.07) is 24.3. The fourth-order valence-corrected chi connectivity index (χ4v) is 3.18. The quantitative estimate of drug-likeness (QED) is 0.169. The zero-order valence-electron chi connectivity index (χ0n) is 18.3. The molecule has 0 radical (unpaired) electrons. The lowest BCUT2D eigenvalue weighted by atomic mass is 10.0. The van der Waals surface area contributed by atoms with Gasteiger partial charge in [-0.3, -0.25) is 0 Å². The Kier molecular flexibility index (Phi) is 8.63. The molecule has 0 saturated heterocycles. The van der Waals surface area contributed by atoms with E-state index < -0.39 is 12.1 Å². The third-order valence-corrected chi connectivity index (χ3v) is 4.94. The van der Waals surface area contributed by atoms with Gasteiger partial charge in [0.25, 0.3) is 0 Å². The second kappa shape index (κ2) is 12.1. The van der Waals surface area contributed by atoms with Gasteiger partial charge in [0.15, 0.2) is 6.10 Å². The van der Waals surface area contributed by atoms with E-state index in [2.05, 4.69) is 17.0 Å². The van der Waals surface area contributed by atoms with Crippen molar-refractivity contribution in [2.75, 3.05) is 13.7 Å². The third kappa shape index (κ3) is 6.96. The molecule has 0 unspecified atom stereocenters. The first-order valence-corrected chi connectivity index (χ1v) is 10.4. The van der Waals surface area contributed by atoms with Crippen LogP contribution in [0.15, 0.2) is 84.0 Å². The van der Waals surface area contributed by atoms with Crippen molar-refractivity contribution in [3.63, 3.8) is 0 Å². The molecule has 6 nitrogen and oxygen atoms in total. The van der Waals surface area contributed by atoms with Crippen LogP contribution in [0.4, 0.5) is 0 Å². The van der Waals surface area contributed by atoms with E-state index in [9.17, 15) is 10.0 Å². The van der Waals surface area contributed by atoms with Crippen LogP contribution in [0.1, 0.15) is 28.7 Å². The van der Waals surface area contributed by atoms with E-state index in [1.807, 2.05) is 78.9 Å². The van der Waals surface area contributed by atoms with E-state index >= 15 is 0 Å². The Bertz CT molecular complexity index is 1130. The van der Waals surface area contributed by atoms with E-state index in [4.69, 9.17) is 14.6 Å². The second-order valence-electron chi connectivity index (χ2n) is 7.20. The minimum atomic E-state index is -0.978. The topological polar surface area (TPSA) is 88.4 Å². The maximum Gasteiger partial charge on any atom is 0.333 e. The maximum atomic E-state index is 11.1. The Hall–Kier alpha value is -4.08. The van der Waals surface area contributed by atoms with Gasteiger partial charge in [0.05, 0.1) is 6.61 Å². The summed E-state index contributed by atoms with van der Waals surface area (Å²) in [5, 5.41) is 21.9. The normalized spacial score (nSPS) is 11.8. The molecule has 0 aromatic heterocycles. The number of hydrogen-bond donors (Lipinski definition) is 2. The highest BCUT2D eigenvalue weighted by Gasteiger charge is 2.16. The minimum Gasteiger partial charge on any atom is -0.493 e. The number of carboxylic acid groups (broad SMARTS) is 1. The summed E-state index contributed by atoms with van der Waals surface area (Å²) in [7, 11) is 1.39. The highest BCUT2D eigenvalue weighted by molar-refractivity contribution is 6.12. The number of ether oxygens (including phenoxy) is 2. The molecule has 1 atom stereocenters. The van der Waals surface area contributed by atoms with Crippen molar-refractivity contribution in [1.82, 2.24) is 0 Å². The SMILES string of the molecule is CO[C@@H](Cc1ccc(C#CCCOc2ccc(/C(=N\O)c3ccccc3)cc2)cc1)C(=O)O. The summed E-state index contributed by atoms with van der Waals surface area (Å²) >= 11 is 0. The first-order chi connectivity index (χ1) is 16.1. The molecule has 0 heterocycles. The Balaban J connectivity index is 1.48. The van der Waals surface area contributed by atoms with Crippen LogP contribution in [0.3, 0.4) is 0 Å². The molecule has 3 aromatic rings. The van der Waals surface area contributed by atoms with Crippen molar-refractivity contribution in [3.05, 3.63) is 101 Å². The first kappa shape index (κ1) is 23.6. The Labute approximate surface area is 193 Å². The molecule has 2 N–H and O–H groups in total. The summed E-state index contributed by atoms with van der Waals surface area (Å²) in [6.45, 7) is 0.443. The molecule has 3 aromatic carbocycles. The van der Waals surface area contributed by atoms with Crippen molar-refractivity contribution >= 4 is 11.7 Å². The van der Waals surface area contributed by atoms with Gasteiger partial charge in [-0.1, -0.05) is 59.5 Å². The van der Waals surface area contributed by atoms with Crippen LogP contribution in [0.2, 0.25) is 0 Å². The number of hydrogen-bond acceptors (Lipinski definition) is 5. The number of methoxy groups -OCH3 is 1. The van der Waals surface area contributed by atoms with Gasteiger partial charge in [0, 0.05) is 36.6 Å². The summed E-state index contributed by atoms with van der Waals surface area (Å²) < 4.78 is 10.7. The Morgan fingerprint density at radius 3 is 2.24 bits per heavy atom. The van der Waals surface area contributed by atoms with Gasteiger partial charge in [-0.2, -0.15) is 0 Å². The van der Waals surface area contributed by atoms with Crippen molar-refractivity contribution in [1.29, 1.82) is 0 Å². The second-order valence-corrected chi connectivity index (χ2v) is 7.20. The van der Waals surface area contributed by atoms with Crippen LogP contribution >= 0.6 is 0 Å². The number of benzene rings is 3. The van der Waals surface area contributed by atoms with Gasteiger partial charge in [-0.25, -0.2) is 4.79 Å². The van der Waals surface area contributed by atoms with E-state index in [1.165, 1.54) is 7.11 Å². The lowest BCUT2D eigenvalue weighted by Gasteiger charge is -2.10. The predicted molar refractivity (Wildman–Crippen MR) is 126 cm³/mol. The number of carboxylic acids is 1. The highest BCUT2D eigenvalue weighted by Crippen LogP contribution is 2.16. The van der Waals surface area contributed by atoms with Crippen LogP contribution in [-0.2, 0) is 16.0 Å². The fraction of sp³-hybridized carbons (Fsp3) is 0.185. The molecule has 0 aliphatic carbocycles. The molecule has 0 aliphatic rings. The summed E-state index contributed by atoms with van der Waals surface area (Å²) in [4.78, 5) is 11.1. The summed E-state index contributed by atoms with van der Waals surface area (Å²) in [6.07, 6.45) is 0.0131. The molecule has 3 rings (SSSR count). The van der Waals surface area contributed by atoms with Crippen LogP contribution in [-0.4, -0.2) is 41.8 Å². The molecule has 0 fully saturated rings. The minimum absolute atomic E-state index is 0.309. The predicted octanol–water partition coefficient (Wildman–Crippen LogP) is 4.38. The molecule has 0 saturated carbocycles. The highest BCUT2D eigenvalue weighted by atomic mass is 16.5. The van der Waals surface area contributed by atoms with Gasteiger partial charge < -0.3 is 19.8 Å². The number of oxime groups is 1. The van der Waals surface area contributed by atoms with Gasteiger partial charge in [-0.15, -0.1) is 0 Å². The summed E-state index contributed by atoms with van der Waals surface area (Å²) in [5.41, 5.74) is 3.85. The fourth-order valence-electron chi connectivity index (χ4n) is 3.18. The smallest absolute Gasteiger partial charge is 0.333 e. The maximum absolute atomic E-state index is 11.1. The molecule has 0 spiro atoms. The molecule has 0 amide bonds. The largest absolute Gasteiger partial charge is 0.493 e. The van der Waals surface area contributed by atoms with Gasteiger partial charge in [0.2, 0.25) is 0 Å². The van der Waals surface area contributed by atoms with E-state index in [0.717, 1.165) is 22.3 Å². The van der Waals surface area contributed by atoms with E-state index in [0.29, 0.717) is 30.9 Å². The van der Waals surface area contributed by atoms with Crippen LogP contribution in [0, 0.1) is 11.8 Å². The van der Waals surface area contributed by atoms with Gasteiger partial charge in [0.1, 0.15) is 11.5 Å². The molecule has 0 bridgehead atoms. The van der Waals surface area contributed by atoms with Crippen molar-refractivity contribution in [2.45, 2.75) is 18.9 Å². The van der Waals surface area contributed by atoms with E-state index in [1.54, 1.807) is 0 Å². The zero-order valence-corrected chi connectivity index (χ0v) is 18.3.